The zero-order valence-electron chi connectivity index (χ0n) is 7.89. The molecule has 0 aromatic carbocycles. The summed E-state index contributed by atoms with van der Waals surface area (Å²) in [5.41, 5.74) is 1.09. The number of hydrogen-bond donors (Lipinski definition) is 0. The Kier molecular flexibility index (Phi) is 2.93. The molecule has 0 fully saturated rings. The lowest BCUT2D eigenvalue weighted by atomic mass is 10.2. The molecule has 0 saturated heterocycles. The van der Waals surface area contributed by atoms with Crippen molar-refractivity contribution in [3.63, 3.8) is 0 Å². The number of rotatable bonds is 1. The SMILES string of the molecule is CC1=N/C(N(C)C)=C\CC#CC1. The second kappa shape index (κ2) is 3.96. The summed E-state index contributed by atoms with van der Waals surface area (Å²) in [6, 6.07) is 0. The van der Waals surface area contributed by atoms with Crippen molar-refractivity contribution in [1.82, 2.24) is 4.90 Å². The number of hydrogen-bond acceptors (Lipinski definition) is 2. The van der Waals surface area contributed by atoms with Crippen molar-refractivity contribution >= 4 is 5.71 Å². The van der Waals surface area contributed by atoms with E-state index in [0.29, 0.717) is 0 Å². The van der Waals surface area contributed by atoms with E-state index in [4.69, 9.17) is 0 Å². The Labute approximate surface area is 74.0 Å². The minimum Gasteiger partial charge on any atom is -0.363 e. The molecule has 0 unspecified atom stereocenters. The van der Waals surface area contributed by atoms with E-state index in [-0.39, 0.29) is 0 Å². The van der Waals surface area contributed by atoms with E-state index in [2.05, 4.69) is 22.9 Å². The minimum atomic E-state index is 0.797. The fraction of sp³-hybridized carbons (Fsp3) is 0.500. The van der Waals surface area contributed by atoms with Gasteiger partial charge in [-0.3, -0.25) is 0 Å². The standard InChI is InChI=1S/C10H14N2/c1-9-7-5-4-6-8-10(11-9)12(2)3/h8H,6-7H2,1-3H3/b10-8+,11-9?. The van der Waals surface area contributed by atoms with Gasteiger partial charge in [0.25, 0.3) is 0 Å². The molecule has 2 heteroatoms. The van der Waals surface area contributed by atoms with Gasteiger partial charge in [-0.2, -0.15) is 0 Å². The normalized spacial score (nSPS) is 20.6. The van der Waals surface area contributed by atoms with Crippen LogP contribution in [-0.2, 0) is 0 Å². The van der Waals surface area contributed by atoms with Gasteiger partial charge in [-0.1, -0.05) is 11.8 Å². The predicted molar refractivity (Wildman–Crippen MR) is 51.9 cm³/mol. The third kappa shape index (κ3) is 2.43. The fourth-order valence-corrected chi connectivity index (χ4v) is 0.968. The van der Waals surface area contributed by atoms with Gasteiger partial charge in [0, 0.05) is 32.6 Å². The fourth-order valence-electron chi connectivity index (χ4n) is 0.968. The highest BCUT2D eigenvalue weighted by atomic mass is 15.2. The van der Waals surface area contributed by atoms with Gasteiger partial charge < -0.3 is 4.90 Å². The highest BCUT2D eigenvalue weighted by molar-refractivity contribution is 5.85. The molecule has 1 rings (SSSR count). The summed E-state index contributed by atoms with van der Waals surface area (Å²) in [6.07, 6.45) is 3.66. The van der Waals surface area contributed by atoms with Gasteiger partial charge >= 0.3 is 0 Å². The van der Waals surface area contributed by atoms with Crippen molar-refractivity contribution in [2.45, 2.75) is 19.8 Å². The maximum absolute atomic E-state index is 4.44. The van der Waals surface area contributed by atoms with Crippen LogP contribution in [0.25, 0.3) is 0 Å². The largest absolute Gasteiger partial charge is 0.363 e. The summed E-state index contributed by atoms with van der Waals surface area (Å²) >= 11 is 0. The zero-order valence-corrected chi connectivity index (χ0v) is 7.89. The van der Waals surface area contributed by atoms with Gasteiger partial charge in [-0.15, -0.1) is 0 Å². The van der Waals surface area contributed by atoms with E-state index in [1.54, 1.807) is 0 Å². The van der Waals surface area contributed by atoms with E-state index < -0.39 is 0 Å². The van der Waals surface area contributed by atoms with Crippen LogP contribution < -0.4 is 0 Å². The van der Waals surface area contributed by atoms with Gasteiger partial charge in [-0.05, 0) is 13.0 Å². The minimum absolute atomic E-state index is 0.797. The third-order valence-corrected chi connectivity index (χ3v) is 1.62. The van der Waals surface area contributed by atoms with Crippen LogP contribution in [0.2, 0.25) is 0 Å². The molecule has 0 saturated carbocycles. The van der Waals surface area contributed by atoms with E-state index >= 15 is 0 Å². The summed E-state index contributed by atoms with van der Waals surface area (Å²) in [5, 5.41) is 0. The molecular weight excluding hydrogens is 148 g/mol. The van der Waals surface area contributed by atoms with Crippen LogP contribution in [0.5, 0.6) is 0 Å². The van der Waals surface area contributed by atoms with Crippen LogP contribution in [0.3, 0.4) is 0 Å². The molecule has 1 heterocycles. The second-order valence-electron chi connectivity index (χ2n) is 3.04. The first-order chi connectivity index (χ1) is 5.70. The molecule has 0 radical (unpaired) electrons. The Morgan fingerprint density at radius 3 is 2.83 bits per heavy atom. The molecule has 1 aliphatic rings. The lowest BCUT2D eigenvalue weighted by molar-refractivity contribution is 0.504. The molecule has 0 atom stereocenters. The Morgan fingerprint density at radius 2 is 2.17 bits per heavy atom. The average molecular weight is 162 g/mol. The molecule has 0 amide bonds. The monoisotopic (exact) mass is 162 g/mol. The Morgan fingerprint density at radius 1 is 1.42 bits per heavy atom. The molecule has 0 aromatic rings. The molecular formula is C10H14N2. The summed E-state index contributed by atoms with van der Waals surface area (Å²) in [7, 11) is 4.00. The number of nitrogens with zero attached hydrogens (tertiary/aromatic N) is 2. The lowest BCUT2D eigenvalue weighted by Gasteiger charge is -2.13. The van der Waals surface area contributed by atoms with E-state index in [9.17, 15) is 0 Å². The van der Waals surface area contributed by atoms with Gasteiger partial charge in [0.2, 0.25) is 0 Å². The molecule has 0 spiro atoms. The van der Waals surface area contributed by atoms with E-state index in [0.717, 1.165) is 24.4 Å². The van der Waals surface area contributed by atoms with Gasteiger partial charge in [0.05, 0.1) is 0 Å². The van der Waals surface area contributed by atoms with Crippen LogP contribution in [0.4, 0.5) is 0 Å². The highest BCUT2D eigenvalue weighted by Crippen LogP contribution is 2.05. The van der Waals surface area contributed by atoms with Crippen molar-refractivity contribution in [3.8, 4) is 11.8 Å². The van der Waals surface area contributed by atoms with Crippen LogP contribution in [0, 0.1) is 11.8 Å². The van der Waals surface area contributed by atoms with Gasteiger partial charge in [0.1, 0.15) is 5.82 Å². The molecule has 1 aliphatic heterocycles. The van der Waals surface area contributed by atoms with Crippen molar-refractivity contribution in [2.75, 3.05) is 14.1 Å². The zero-order chi connectivity index (χ0) is 8.97. The molecule has 0 aliphatic carbocycles. The smallest absolute Gasteiger partial charge is 0.124 e. The predicted octanol–water partition coefficient (Wildman–Crippen LogP) is 1.65. The molecule has 2 nitrogen and oxygen atoms in total. The highest BCUT2D eigenvalue weighted by Gasteiger charge is 1.98. The van der Waals surface area contributed by atoms with Crippen LogP contribution in [0.1, 0.15) is 19.8 Å². The van der Waals surface area contributed by atoms with Crippen molar-refractivity contribution in [1.29, 1.82) is 0 Å². The summed E-state index contributed by atoms with van der Waals surface area (Å²) in [6.45, 7) is 2.01. The molecule has 12 heavy (non-hydrogen) atoms. The summed E-state index contributed by atoms with van der Waals surface area (Å²) < 4.78 is 0. The van der Waals surface area contributed by atoms with Crippen LogP contribution in [0.15, 0.2) is 16.9 Å². The first kappa shape index (κ1) is 8.86. The van der Waals surface area contributed by atoms with Gasteiger partial charge in [-0.25, -0.2) is 4.99 Å². The molecule has 64 valence electrons. The van der Waals surface area contributed by atoms with Gasteiger partial charge in [0.15, 0.2) is 0 Å². The lowest BCUT2D eigenvalue weighted by Crippen LogP contribution is -2.11. The summed E-state index contributed by atoms with van der Waals surface area (Å²) in [4.78, 5) is 6.45. The topological polar surface area (TPSA) is 15.6 Å². The Balaban J connectivity index is 2.86. The molecule has 0 aromatic heterocycles. The molecule has 0 N–H and O–H groups in total. The van der Waals surface area contributed by atoms with Crippen LogP contribution in [-0.4, -0.2) is 24.7 Å². The van der Waals surface area contributed by atoms with E-state index in [1.165, 1.54) is 0 Å². The quantitative estimate of drug-likeness (QED) is 0.535. The Bertz CT molecular complexity index is 274. The first-order valence-electron chi connectivity index (χ1n) is 4.07. The Hall–Kier alpha value is -1.23. The average Bonchev–Trinajstić information content (AvgIpc) is 1.95. The molecule has 0 bridgehead atoms. The third-order valence-electron chi connectivity index (χ3n) is 1.62. The maximum atomic E-state index is 4.44. The number of allylic oxidation sites excluding steroid dienone is 1. The maximum Gasteiger partial charge on any atom is 0.124 e. The summed E-state index contributed by atoms with van der Waals surface area (Å²) in [5.74, 6) is 7.14. The van der Waals surface area contributed by atoms with Crippen molar-refractivity contribution in [3.05, 3.63) is 11.9 Å². The first-order valence-corrected chi connectivity index (χ1v) is 4.07. The second-order valence-corrected chi connectivity index (χ2v) is 3.04. The van der Waals surface area contributed by atoms with Crippen LogP contribution >= 0.6 is 0 Å². The van der Waals surface area contributed by atoms with Crippen molar-refractivity contribution < 1.29 is 0 Å². The number of aliphatic imine (C=N–C) groups is 1. The van der Waals surface area contributed by atoms with Crippen molar-refractivity contribution in [2.24, 2.45) is 4.99 Å². The van der Waals surface area contributed by atoms with E-state index in [1.807, 2.05) is 25.9 Å².